The van der Waals surface area contributed by atoms with Crippen LogP contribution in [-0.2, 0) is 12.6 Å². The number of aryl methyl sites for hydroxylation is 1. The maximum absolute atomic E-state index is 12.9. The van der Waals surface area contributed by atoms with Gasteiger partial charge in [-0.05, 0) is 30.7 Å². The molecule has 0 aliphatic carbocycles. The van der Waals surface area contributed by atoms with Crippen molar-refractivity contribution in [2.45, 2.75) is 11.9 Å². The molecular formula is C10H7FNS-. The Balaban J connectivity index is 2.87. The molecule has 0 saturated carbocycles. The zero-order valence-electron chi connectivity index (χ0n) is 7.04. The number of nitrogens with zero attached hydrogens (tertiary/aromatic N) is 1. The second-order valence-electron chi connectivity index (χ2n) is 2.94. The zero-order valence-corrected chi connectivity index (χ0v) is 7.86. The maximum atomic E-state index is 12.9. The van der Waals surface area contributed by atoms with E-state index in [4.69, 9.17) is 12.6 Å². The van der Waals surface area contributed by atoms with Gasteiger partial charge in [-0.15, -0.1) is 0 Å². The Kier molecular flexibility index (Phi) is 1.88. The number of fused-ring (bicyclic) bond motifs is 1. The molecule has 0 unspecified atom stereocenters. The lowest BCUT2D eigenvalue weighted by atomic mass is 10.1. The SMILES string of the molecule is Cc1cc([S-])nc2ccc(F)cc12. The van der Waals surface area contributed by atoms with Gasteiger partial charge in [-0.2, -0.15) is 0 Å². The van der Waals surface area contributed by atoms with Gasteiger partial charge >= 0.3 is 0 Å². The lowest BCUT2D eigenvalue weighted by Crippen LogP contribution is -1.87. The van der Waals surface area contributed by atoms with Crippen molar-refractivity contribution >= 4 is 23.5 Å². The van der Waals surface area contributed by atoms with Gasteiger partial charge in [-0.1, -0.05) is 11.1 Å². The maximum Gasteiger partial charge on any atom is 0.123 e. The van der Waals surface area contributed by atoms with Crippen molar-refractivity contribution in [3.63, 3.8) is 0 Å². The molecular weight excluding hydrogens is 185 g/mol. The molecule has 1 aromatic heterocycles. The predicted molar refractivity (Wildman–Crippen MR) is 52.1 cm³/mol. The molecule has 0 aliphatic rings. The Hall–Kier alpha value is -1.22. The predicted octanol–water partition coefficient (Wildman–Crippen LogP) is 2.59. The smallest absolute Gasteiger partial charge is 0.123 e. The van der Waals surface area contributed by atoms with E-state index >= 15 is 0 Å². The third-order valence-corrected chi connectivity index (χ3v) is 2.16. The van der Waals surface area contributed by atoms with Crippen molar-refractivity contribution in [1.82, 2.24) is 4.98 Å². The van der Waals surface area contributed by atoms with Crippen molar-refractivity contribution in [3.8, 4) is 0 Å². The summed E-state index contributed by atoms with van der Waals surface area (Å²) in [6.07, 6.45) is 0. The number of hydrogen-bond donors (Lipinski definition) is 0. The molecule has 1 heterocycles. The molecule has 1 aromatic carbocycles. The number of rotatable bonds is 0. The molecule has 0 N–H and O–H groups in total. The highest BCUT2D eigenvalue weighted by Gasteiger charge is 1.99. The Morgan fingerprint density at radius 3 is 2.85 bits per heavy atom. The van der Waals surface area contributed by atoms with Crippen LogP contribution >= 0.6 is 0 Å². The summed E-state index contributed by atoms with van der Waals surface area (Å²) in [6.45, 7) is 1.90. The second-order valence-corrected chi connectivity index (χ2v) is 3.36. The first-order valence-electron chi connectivity index (χ1n) is 3.91. The molecule has 0 spiro atoms. The minimum absolute atomic E-state index is 0.241. The monoisotopic (exact) mass is 192 g/mol. The molecule has 1 nitrogen and oxygen atoms in total. The minimum atomic E-state index is -0.241. The normalized spacial score (nSPS) is 10.6. The summed E-state index contributed by atoms with van der Waals surface area (Å²) < 4.78 is 12.9. The van der Waals surface area contributed by atoms with Gasteiger partial charge in [0.2, 0.25) is 0 Å². The summed E-state index contributed by atoms with van der Waals surface area (Å²) in [4.78, 5) is 4.13. The van der Waals surface area contributed by atoms with Crippen molar-refractivity contribution in [2.24, 2.45) is 0 Å². The van der Waals surface area contributed by atoms with Gasteiger partial charge < -0.3 is 12.6 Å². The summed E-state index contributed by atoms with van der Waals surface area (Å²) in [5, 5.41) is 1.38. The van der Waals surface area contributed by atoms with Crippen LogP contribution in [0.2, 0.25) is 0 Å². The quantitative estimate of drug-likeness (QED) is 0.595. The van der Waals surface area contributed by atoms with Crippen LogP contribution in [0, 0.1) is 12.7 Å². The standard InChI is InChI=1S/C10H8FNS/c1-6-4-10(13)12-9-3-2-7(11)5-8(6)9/h2-5H,1H3,(H,12,13)/p-1. The molecule has 0 atom stereocenters. The van der Waals surface area contributed by atoms with Gasteiger partial charge in [-0.25, -0.2) is 4.39 Å². The van der Waals surface area contributed by atoms with Crippen molar-refractivity contribution in [2.75, 3.05) is 0 Å². The molecule has 66 valence electrons. The molecule has 0 bridgehead atoms. The summed E-state index contributed by atoms with van der Waals surface area (Å²) in [6, 6.07) is 6.29. The first kappa shape index (κ1) is 8.38. The van der Waals surface area contributed by atoms with E-state index in [1.165, 1.54) is 12.1 Å². The van der Waals surface area contributed by atoms with E-state index in [0.29, 0.717) is 5.03 Å². The number of benzene rings is 1. The van der Waals surface area contributed by atoms with E-state index in [-0.39, 0.29) is 5.82 Å². The van der Waals surface area contributed by atoms with Crippen LogP contribution in [0.3, 0.4) is 0 Å². The molecule has 2 aromatic rings. The van der Waals surface area contributed by atoms with E-state index < -0.39 is 0 Å². The summed E-state index contributed by atoms with van der Waals surface area (Å²) in [5.41, 5.74) is 1.72. The van der Waals surface area contributed by atoms with E-state index in [9.17, 15) is 4.39 Å². The molecule has 0 saturated heterocycles. The van der Waals surface area contributed by atoms with Crippen LogP contribution in [0.1, 0.15) is 5.56 Å². The number of aromatic nitrogens is 1. The van der Waals surface area contributed by atoms with Crippen LogP contribution in [0.25, 0.3) is 10.9 Å². The van der Waals surface area contributed by atoms with Crippen LogP contribution in [0.4, 0.5) is 4.39 Å². The number of halogens is 1. The van der Waals surface area contributed by atoms with Crippen molar-refractivity contribution < 1.29 is 4.39 Å². The van der Waals surface area contributed by atoms with Crippen LogP contribution in [0.5, 0.6) is 0 Å². The minimum Gasteiger partial charge on any atom is -0.760 e. The fourth-order valence-electron chi connectivity index (χ4n) is 1.34. The average molecular weight is 192 g/mol. The first-order valence-corrected chi connectivity index (χ1v) is 4.31. The second kappa shape index (κ2) is 2.92. The molecule has 0 aliphatic heterocycles. The van der Waals surface area contributed by atoms with Crippen molar-refractivity contribution in [1.29, 1.82) is 0 Å². The molecule has 0 amide bonds. The lowest BCUT2D eigenvalue weighted by molar-refractivity contribution is 0.629. The molecule has 13 heavy (non-hydrogen) atoms. The van der Waals surface area contributed by atoms with Gasteiger partial charge in [0.25, 0.3) is 0 Å². The van der Waals surface area contributed by atoms with Crippen LogP contribution in [-0.4, -0.2) is 4.98 Å². The van der Waals surface area contributed by atoms with Crippen LogP contribution in [0.15, 0.2) is 29.3 Å². The molecule has 3 heteroatoms. The Morgan fingerprint density at radius 1 is 1.31 bits per heavy atom. The van der Waals surface area contributed by atoms with Gasteiger partial charge in [0.15, 0.2) is 0 Å². The fourth-order valence-corrected chi connectivity index (χ4v) is 1.61. The highest BCUT2D eigenvalue weighted by molar-refractivity contribution is 7.58. The fraction of sp³-hybridized carbons (Fsp3) is 0.100. The van der Waals surface area contributed by atoms with E-state index in [0.717, 1.165) is 16.5 Å². The van der Waals surface area contributed by atoms with Crippen LogP contribution < -0.4 is 0 Å². The summed E-state index contributed by atoms with van der Waals surface area (Å²) in [5.74, 6) is -0.241. The molecule has 0 radical (unpaired) electrons. The number of pyridine rings is 1. The molecule has 2 rings (SSSR count). The average Bonchev–Trinajstić information content (AvgIpc) is 2.06. The lowest BCUT2D eigenvalue weighted by Gasteiger charge is -2.08. The van der Waals surface area contributed by atoms with Gasteiger partial charge in [-0.3, -0.25) is 4.98 Å². The summed E-state index contributed by atoms with van der Waals surface area (Å²) >= 11 is 4.95. The third-order valence-electron chi connectivity index (χ3n) is 1.95. The highest BCUT2D eigenvalue weighted by Crippen LogP contribution is 2.18. The number of hydrogen-bond acceptors (Lipinski definition) is 2. The Bertz CT molecular complexity index is 468. The van der Waals surface area contributed by atoms with E-state index in [1.54, 1.807) is 12.1 Å². The largest absolute Gasteiger partial charge is 0.760 e. The van der Waals surface area contributed by atoms with Gasteiger partial charge in [0, 0.05) is 5.39 Å². The Morgan fingerprint density at radius 2 is 2.08 bits per heavy atom. The zero-order chi connectivity index (χ0) is 9.42. The van der Waals surface area contributed by atoms with E-state index in [1.807, 2.05) is 6.92 Å². The molecule has 0 fully saturated rings. The summed E-state index contributed by atoms with van der Waals surface area (Å²) in [7, 11) is 0. The topological polar surface area (TPSA) is 12.9 Å². The first-order chi connectivity index (χ1) is 6.16. The third kappa shape index (κ3) is 1.47. The van der Waals surface area contributed by atoms with Gasteiger partial charge in [0.05, 0.1) is 5.52 Å². The Labute approximate surface area is 81.0 Å². The highest BCUT2D eigenvalue weighted by atomic mass is 32.1. The van der Waals surface area contributed by atoms with E-state index in [2.05, 4.69) is 4.98 Å². The van der Waals surface area contributed by atoms with Crippen molar-refractivity contribution in [3.05, 3.63) is 35.6 Å². The van der Waals surface area contributed by atoms with Gasteiger partial charge in [0.1, 0.15) is 5.82 Å².